The van der Waals surface area contributed by atoms with Gasteiger partial charge in [-0.2, -0.15) is 0 Å². The normalized spacial score (nSPS) is 15.4. The van der Waals surface area contributed by atoms with Crippen molar-refractivity contribution in [2.75, 3.05) is 11.6 Å². The van der Waals surface area contributed by atoms with Crippen LogP contribution in [0.5, 0.6) is 17.2 Å². The lowest BCUT2D eigenvalue weighted by Gasteiger charge is -2.21. The number of anilines is 1. The Balaban J connectivity index is 0.00000226. The molecule has 1 aliphatic rings. The number of allylic oxidation sites excluding steroid dienone is 1. The molecule has 4 rings (SSSR count). The predicted octanol–water partition coefficient (Wildman–Crippen LogP) is 6.17. The number of carbonyl (C=O) groups is 1. The van der Waals surface area contributed by atoms with Crippen molar-refractivity contribution in [3.05, 3.63) is 59.1 Å². The van der Waals surface area contributed by atoms with Crippen LogP contribution < -0.4 is 14.8 Å². The smallest absolute Gasteiger partial charge is 0.338 e. The number of ether oxygens (including phenoxy) is 2. The summed E-state index contributed by atoms with van der Waals surface area (Å²) in [6, 6.07) is 10.6. The lowest BCUT2D eigenvalue weighted by Crippen LogP contribution is -2.13. The number of carbonyl (C=O) groups excluding carboxylic acids is 1. The summed E-state index contributed by atoms with van der Waals surface area (Å²) < 4.78 is 46.8. The monoisotopic (exact) mass is 641 g/mol. The first-order chi connectivity index (χ1) is 19.3. The molecule has 11 nitrogen and oxygen atoms in total. The number of hydrogen-bond acceptors (Lipinski definition) is 10. The van der Waals surface area contributed by atoms with Gasteiger partial charge in [0.2, 0.25) is 5.13 Å². The second kappa shape index (κ2) is 14.0. The van der Waals surface area contributed by atoms with Crippen LogP contribution >= 0.6 is 30.7 Å². The molecular weight excluding hydrogens is 609 g/mol. The average Bonchev–Trinajstić information content (AvgIpc) is 3.37. The molecule has 0 aliphatic carbocycles. The predicted molar refractivity (Wildman–Crippen MR) is 162 cm³/mol. The minimum atomic E-state index is -4.25. The lowest BCUT2D eigenvalue weighted by atomic mass is 10.2. The lowest BCUT2D eigenvalue weighted by molar-refractivity contribution is 0.102. The maximum atomic E-state index is 13.1. The maximum Gasteiger partial charge on any atom is 0.338 e. The highest BCUT2D eigenvalue weighted by molar-refractivity contribution is 8.13. The van der Waals surface area contributed by atoms with E-state index in [1.54, 1.807) is 12.1 Å². The summed E-state index contributed by atoms with van der Waals surface area (Å²) in [5.74, 6) is 0.569. The molecule has 0 saturated heterocycles. The van der Waals surface area contributed by atoms with E-state index in [0.29, 0.717) is 40.0 Å². The largest absolute Gasteiger partial charge is 0.491 e. The third-order valence-electron chi connectivity index (χ3n) is 5.24. The summed E-state index contributed by atoms with van der Waals surface area (Å²) in [6.45, 7) is 7.68. The first kappa shape index (κ1) is 32.8. The van der Waals surface area contributed by atoms with Crippen molar-refractivity contribution in [3.8, 4) is 17.2 Å². The van der Waals surface area contributed by atoms with Gasteiger partial charge in [-0.1, -0.05) is 31.3 Å². The molecule has 15 heteroatoms. The first-order valence-corrected chi connectivity index (χ1v) is 17.9. The van der Waals surface area contributed by atoms with E-state index in [1.807, 2.05) is 33.8 Å². The molecular formula is C26H32N3O8PS3. The number of aromatic nitrogens is 2. The SMILES string of the molecule is CC.CC(C)Oc1cc(Oc2ccc(S(C)(=O)=O)cc2)cc(C(=O)Nc2nnc(C3=CCCC(P(=O)(O)O)S3)s2)c1. The summed E-state index contributed by atoms with van der Waals surface area (Å²) in [5.41, 5.74) is 0.223. The summed E-state index contributed by atoms with van der Waals surface area (Å²) in [4.78, 5) is 32.1. The van der Waals surface area contributed by atoms with Crippen LogP contribution in [0.25, 0.3) is 4.91 Å². The van der Waals surface area contributed by atoms with Gasteiger partial charge < -0.3 is 19.3 Å². The molecule has 222 valence electrons. The highest BCUT2D eigenvalue weighted by Gasteiger charge is 2.33. The van der Waals surface area contributed by atoms with Crippen LogP contribution in [0.2, 0.25) is 0 Å². The third-order valence-corrected chi connectivity index (χ3v) is 10.6. The summed E-state index contributed by atoms with van der Waals surface area (Å²) in [5, 5.41) is 11.4. The van der Waals surface area contributed by atoms with Crippen LogP contribution in [0, 0.1) is 0 Å². The van der Waals surface area contributed by atoms with Gasteiger partial charge in [0.05, 0.1) is 11.0 Å². The molecule has 1 amide bonds. The Hall–Kier alpha value is -2.74. The molecule has 1 aromatic heterocycles. The average molecular weight is 642 g/mol. The van der Waals surface area contributed by atoms with E-state index in [-0.39, 0.29) is 21.7 Å². The van der Waals surface area contributed by atoms with Crippen molar-refractivity contribution in [3.63, 3.8) is 0 Å². The number of benzene rings is 2. The Morgan fingerprint density at radius 1 is 1.07 bits per heavy atom. The number of amides is 1. The van der Waals surface area contributed by atoms with Crippen LogP contribution in [0.1, 0.15) is 55.9 Å². The van der Waals surface area contributed by atoms with Crippen LogP contribution in [0.3, 0.4) is 0 Å². The van der Waals surface area contributed by atoms with Crippen molar-refractivity contribution in [2.45, 2.75) is 56.5 Å². The Morgan fingerprint density at radius 2 is 1.73 bits per heavy atom. The van der Waals surface area contributed by atoms with Gasteiger partial charge in [0, 0.05) is 22.8 Å². The number of sulfone groups is 1. The van der Waals surface area contributed by atoms with Crippen molar-refractivity contribution in [1.29, 1.82) is 0 Å². The van der Waals surface area contributed by atoms with Gasteiger partial charge in [-0.25, -0.2) is 8.42 Å². The van der Waals surface area contributed by atoms with Gasteiger partial charge in [0.25, 0.3) is 5.91 Å². The van der Waals surface area contributed by atoms with E-state index in [9.17, 15) is 27.6 Å². The van der Waals surface area contributed by atoms with E-state index >= 15 is 0 Å². The first-order valence-electron chi connectivity index (χ1n) is 12.6. The van der Waals surface area contributed by atoms with E-state index in [1.165, 1.54) is 30.3 Å². The fraction of sp³-hybridized carbons (Fsp3) is 0.346. The van der Waals surface area contributed by atoms with Crippen LogP contribution in [0.15, 0.2) is 53.4 Å². The highest BCUT2D eigenvalue weighted by Crippen LogP contribution is 2.55. The van der Waals surface area contributed by atoms with Crippen LogP contribution in [-0.2, 0) is 14.4 Å². The van der Waals surface area contributed by atoms with Gasteiger partial charge in [-0.15, -0.1) is 22.0 Å². The van der Waals surface area contributed by atoms with Crippen molar-refractivity contribution in [1.82, 2.24) is 10.2 Å². The summed E-state index contributed by atoms with van der Waals surface area (Å²) in [7, 11) is -7.61. The molecule has 0 bridgehead atoms. The maximum absolute atomic E-state index is 13.1. The number of thioether (sulfide) groups is 1. The minimum absolute atomic E-state index is 0.155. The molecule has 41 heavy (non-hydrogen) atoms. The fourth-order valence-corrected chi connectivity index (χ4v) is 7.37. The van der Waals surface area contributed by atoms with Crippen molar-refractivity contribution >= 4 is 56.5 Å². The van der Waals surface area contributed by atoms with Crippen LogP contribution in [0.4, 0.5) is 5.13 Å². The number of nitrogens with one attached hydrogen (secondary N) is 1. The summed E-state index contributed by atoms with van der Waals surface area (Å²) in [6.07, 6.45) is 3.66. The number of hydrogen-bond donors (Lipinski definition) is 3. The Labute approximate surface area is 247 Å². The van der Waals surface area contributed by atoms with Gasteiger partial charge in [-0.3, -0.25) is 14.7 Å². The van der Waals surface area contributed by atoms with E-state index in [4.69, 9.17) is 9.47 Å². The third kappa shape index (κ3) is 9.38. The molecule has 1 unspecified atom stereocenters. The van der Waals surface area contributed by atoms with Gasteiger partial charge in [-0.05, 0) is 63.1 Å². The van der Waals surface area contributed by atoms with Crippen molar-refractivity contribution in [2.24, 2.45) is 0 Å². The topological polar surface area (TPSA) is 165 Å². The zero-order valence-electron chi connectivity index (χ0n) is 23.1. The van der Waals surface area contributed by atoms with Gasteiger partial charge >= 0.3 is 7.60 Å². The van der Waals surface area contributed by atoms with E-state index < -0.39 is 28.3 Å². The molecule has 0 radical (unpaired) electrons. The van der Waals surface area contributed by atoms with Gasteiger partial charge in [0.15, 0.2) is 14.8 Å². The molecule has 2 heterocycles. The van der Waals surface area contributed by atoms with Crippen molar-refractivity contribution < 1.29 is 37.0 Å². The standard InChI is InChI=1S/C24H26N3O8PS3.C2H6/c1-14(2)34-17-11-15(12-18(13-17)35-16-7-9-19(10-8-16)39(3,32)33)22(28)25-24-27-26-23(38-24)20-5-4-6-21(37-20)36(29,30)31;1-2/h5,7-14,21H,4,6H2,1-3H3,(H,25,27,28)(H2,29,30,31);1-2H3. The number of rotatable bonds is 9. The number of nitrogens with zero attached hydrogens (tertiary/aromatic N) is 2. The Kier molecular flexibility index (Phi) is 11.1. The Bertz CT molecular complexity index is 1550. The second-order valence-corrected chi connectivity index (χ2v) is 15.3. The molecule has 0 spiro atoms. The molecule has 0 fully saturated rings. The Morgan fingerprint density at radius 3 is 2.34 bits per heavy atom. The van der Waals surface area contributed by atoms with E-state index in [0.717, 1.165) is 29.4 Å². The van der Waals surface area contributed by atoms with Gasteiger partial charge in [0.1, 0.15) is 22.2 Å². The summed E-state index contributed by atoms with van der Waals surface area (Å²) >= 11 is 2.15. The highest BCUT2D eigenvalue weighted by atomic mass is 32.2. The fourth-order valence-electron chi connectivity index (χ4n) is 3.52. The molecule has 3 N–H and O–H groups in total. The molecule has 2 aromatic carbocycles. The minimum Gasteiger partial charge on any atom is -0.491 e. The van der Waals surface area contributed by atoms with Crippen LogP contribution in [-0.4, -0.2) is 51.7 Å². The molecule has 3 aromatic rings. The molecule has 1 aliphatic heterocycles. The second-order valence-electron chi connectivity index (χ2n) is 8.88. The quantitative estimate of drug-likeness (QED) is 0.229. The zero-order valence-corrected chi connectivity index (χ0v) is 26.4. The van der Waals surface area contributed by atoms with E-state index in [2.05, 4.69) is 15.5 Å². The molecule has 0 saturated carbocycles. The zero-order chi connectivity index (χ0) is 30.4. The molecule has 1 atom stereocenters.